The van der Waals surface area contributed by atoms with Crippen molar-refractivity contribution in [1.82, 2.24) is 0 Å². The van der Waals surface area contributed by atoms with Crippen molar-refractivity contribution in [3.63, 3.8) is 0 Å². The van der Waals surface area contributed by atoms with E-state index in [1.807, 2.05) is 6.07 Å². The van der Waals surface area contributed by atoms with E-state index in [0.717, 1.165) is 32.1 Å². The summed E-state index contributed by atoms with van der Waals surface area (Å²) in [6.07, 6.45) is 10.9. The van der Waals surface area contributed by atoms with E-state index in [2.05, 4.69) is 31.2 Å². The Kier molecular flexibility index (Phi) is 10.5. The Morgan fingerprint density at radius 3 is 2.38 bits per heavy atom. The van der Waals surface area contributed by atoms with Crippen molar-refractivity contribution >= 4 is 5.97 Å². The van der Waals surface area contributed by atoms with Gasteiger partial charge in [-0.15, -0.1) is 0 Å². The molecule has 0 aliphatic carbocycles. The van der Waals surface area contributed by atoms with Gasteiger partial charge in [-0.25, -0.2) is 0 Å². The fourth-order valence-corrected chi connectivity index (χ4v) is 2.38. The first kappa shape index (κ1) is 17.7. The minimum absolute atomic E-state index is 0.0230. The zero-order chi connectivity index (χ0) is 15.2. The zero-order valence-electron chi connectivity index (χ0n) is 13.5. The number of unbranched alkanes of at least 4 members (excludes halogenated alkanes) is 6. The lowest BCUT2D eigenvalue weighted by Gasteiger charge is -2.05. The van der Waals surface area contributed by atoms with E-state index in [-0.39, 0.29) is 5.97 Å². The second-order valence-corrected chi connectivity index (χ2v) is 5.68. The Hall–Kier alpha value is -1.31. The summed E-state index contributed by atoms with van der Waals surface area (Å²) >= 11 is 0. The largest absolute Gasteiger partial charge is 0.466 e. The van der Waals surface area contributed by atoms with Crippen molar-refractivity contribution in [2.45, 2.75) is 71.1 Å². The molecule has 0 aromatic heterocycles. The Morgan fingerprint density at radius 1 is 0.905 bits per heavy atom. The fourth-order valence-electron chi connectivity index (χ4n) is 2.38. The van der Waals surface area contributed by atoms with Crippen molar-refractivity contribution in [3.05, 3.63) is 35.9 Å². The Labute approximate surface area is 129 Å². The van der Waals surface area contributed by atoms with Gasteiger partial charge in [0.25, 0.3) is 0 Å². The number of carbonyl (C=O) groups excluding carboxylic acids is 1. The molecule has 21 heavy (non-hydrogen) atoms. The molecule has 0 spiro atoms. The van der Waals surface area contributed by atoms with Gasteiger partial charge < -0.3 is 4.74 Å². The lowest BCUT2D eigenvalue weighted by atomic mass is 10.1. The molecule has 2 nitrogen and oxygen atoms in total. The van der Waals surface area contributed by atoms with Gasteiger partial charge in [0.1, 0.15) is 0 Å². The van der Waals surface area contributed by atoms with Crippen molar-refractivity contribution < 1.29 is 9.53 Å². The molecular weight excluding hydrogens is 260 g/mol. The molecule has 0 fully saturated rings. The highest BCUT2D eigenvalue weighted by atomic mass is 16.5. The van der Waals surface area contributed by atoms with Gasteiger partial charge in [0.05, 0.1) is 6.61 Å². The van der Waals surface area contributed by atoms with Crippen LogP contribution in [0, 0.1) is 0 Å². The van der Waals surface area contributed by atoms with E-state index < -0.39 is 0 Å². The highest BCUT2D eigenvalue weighted by molar-refractivity contribution is 5.69. The molecule has 0 saturated heterocycles. The third-order valence-corrected chi connectivity index (χ3v) is 3.70. The first-order chi connectivity index (χ1) is 10.3. The van der Waals surface area contributed by atoms with Crippen LogP contribution in [0.1, 0.15) is 70.3 Å². The molecule has 0 aliphatic rings. The Bertz CT molecular complexity index is 359. The van der Waals surface area contributed by atoms with Crippen LogP contribution >= 0.6 is 0 Å². The summed E-state index contributed by atoms with van der Waals surface area (Å²) < 4.78 is 5.27. The van der Waals surface area contributed by atoms with Crippen molar-refractivity contribution in [3.8, 4) is 0 Å². The van der Waals surface area contributed by atoms with Gasteiger partial charge in [-0.3, -0.25) is 4.79 Å². The van der Waals surface area contributed by atoms with Crippen LogP contribution in [-0.2, 0) is 16.0 Å². The van der Waals surface area contributed by atoms with Gasteiger partial charge >= 0.3 is 5.97 Å². The Balaban J connectivity index is 1.89. The van der Waals surface area contributed by atoms with E-state index in [9.17, 15) is 4.79 Å². The van der Waals surface area contributed by atoms with E-state index in [1.54, 1.807) is 0 Å². The van der Waals surface area contributed by atoms with Crippen LogP contribution in [0.5, 0.6) is 0 Å². The highest BCUT2D eigenvalue weighted by Gasteiger charge is 2.02. The predicted molar refractivity (Wildman–Crippen MR) is 88.3 cm³/mol. The normalized spacial score (nSPS) is 10.5. The maximum absolute atomic E-state index is 11.5. The number of esters is 1. The van der Waals surface area contributed by atoms with Gasteiger partial charge in [-0.2, -0.15) is 0 Å². The number of ether oxygens (including phenoxy) is 1. The standard InChI is InChI=1S/C19H30O2/c1-2-3-4-5-6-10-16-19(20)21-17-12-11-15-18-13-8-7-9-14-18/h7-9,13-14H,2-6,10-12,15-17H2,1H3. The SMILES string of the molecule is CCCCCCCCC(=O)OCCCCc1ccccc1. The number of rotatable bonds is 12. The van der Waals surface area contributed by atoms with Crippen molar-refractivity contribution in [2.24, 2.45) is 0 Å². The maximum Gasteiger partial charge on any atom is 0.305 e. The topological polar surface area (TPSA) is 26.3 Å². The minimum atomic E-state index is -0.0230. The average molecular weight is 290 g/mol. The summed E-state index contributed by atoms with van der Waals surface area (Å²) in [4.78, 5) is 11.5. The number of hydrogen-bond acceptors (Lipinski definition) is 2. The van der Waals surface area contributed by atoms with E-state index in [4.69, 9.17) is 4.74 Å². The molecule has 0 unspecified atom stereocenters. The molecule has 0 atom stereocenters. The van der Waals surface area contributed by atoms with Crippen LogP contribution in [0.15, 0.2) is 30.3 Å². The summed E-state index contributed by atoms with van der Waals surface area (Å²) in [5.74, 6) is -0.0230. The zero-order valence-corrected chi connectivity index (χ0v) is 13.5. The number of aryl methyl sites for hydroxylation is 1. The third-order valence-electron chi connectivity index (χ3n) is 3.70. The fraction of sp³-hybridized carbons (Fsp3) is 0.632. The van der Waals surface area contributed by atoms with E-state index in [1.165, 1.54) is 31.2 Å². The minimum Gasteiger partial charge on any atom is -0.466 e. The smallest absolute Gasteiger partial charge is 0.305 e. The second-order valence-electron chi connectivity index (χ2n) is 5.68. The van der Waals surface area contributed by atoms with Gasteiger partial charge in [0.15, 0.2) is 0 Å². The molecule has 0 aliphatic heterocycles. The molecule has 0 amide bonds. The molecular formula is C19H30O2. The quantitative estimate of drug-likeness (QED) is 0.385. The molecule has 0 bridgehead atoms. The lowest BCUT2D eigenvalue weighted by Crippen LogP contribution is -2.05. The second kappa shape index (κ2) is 12.4. The maximum atomic E-state index is 11.5. The average Bonchev–Trinajstić information content (AvgIpc) is 2.51. The molecule has 1 aromatic carbocycles. The summed E-state index contributed by atoms with van der Waals surface area (Å²) in [5, 5.41) is 0. The van der Waals surface area contributed by atoms with Crippen LogP contribution in [0.3, 0.4) is 0 Å². The lowest BCUT2D eigenvalue weighted by molar-refractivity contribution is -0.143. The molecule has 1 aromatic rings. The number of hydrogen-bond donors (Lipinski definition) is 0. The van der Waals surface area contributed by atoms with E-state index in [0.29, 0.717) is 13.0 Å². The number of carbonyl (C=O) groups is 1. The summed E-state index contributed by atoms with van der Waals surface area (Å²) in [5.41, 5.74) is 1.36. The van der Waals surface area contributed by atoms with E-state index >= 15 is 0 Å². The summed E-state index contributed by atoms with van der Waals surface area (Å²) in [7, 11) is 0. The molecule has 0 radical (unpaired) electrons. The first-order valence-corrected chi connectivity index (χ1v) is 8.52. The number of benzene rings is 1. The van der Waals surface area contributed by atoms with Crippen molar-refractivity contribution in [1.29, 1.82) is 0 Å². The monoisotopic (exact) mass is 290 g/mol. The molecule has 118 valence electrons. The van der Waals surface area contributed by atoms with Gasteiger partial charge in [-0.05, 0) is 31.2 Å². The third kappa shape index (κ3) is 10.1. The predicted octanol–water partition coefficient (Wildman–Crippen LogP) is 5.30. The van der Waals surface area contributed by atoms with Crippen LogP contribution in [0.4, 0.5) is 0 Å². The van der Waals surface area contributed by atoms with Gasteiger partial charge in [0, 0.05) is 6.42 Å². The molecule has 1 rings (SSSR count). The van der Waals surface area contributed by atoms with Gasteiger partial charge in [0.2, 0.25) is 0 Å². The van der Waals surface area contributed by atoms with Crippen LogP contribution in [0.25, 0.3) is 0 Å². The summed E-state index contributed by atoms with van der Waals surface area (Å²) in [6.45, 7) is 2.79. The highest BCUT2D eigenvalue weighted by Crippen LogP contribution is 2.08. The van der Waals surface area contributed by atoms with Crippen LogP contribution in [0.2, 0.25) is 0 Å². The molecule has 0 heterocycles. The van der Waals surface area contributed by atoms with Gasteiger partial charge in [-0.1, -0.05) is 69.4 Å². The first-order valence-electron chi connectivity index (χ1n) is 8.52. The molecule has 0 N–H and O–H groups in total. The van der Waals surface area contributed by atoms with Crippen LogP contribution in [-0.4, -0.2) is 12.6 Å². The molecule has 2 heteroatoms. The Morgan fingerprint density at radius 2 is 1.62 bits per heavy atom. The molecule has 0 saturated carbocycles. The van der Waals surface area contributed by atoms with Crippen molar-refractivity contribution in [2.75, 3.05) is 6.61 Å². The van der Waals surface area contributed by atoms with Crippen LogP contribution < -0.4 is 0 Å². The summed E-state index contributed by atoms with van der Waals surface area (Å²) in [6, 6.07) is 10.5.